The summed E-state index contributed by atoms with van der Waals surface area (Å²) in [4.78, 5) is 15.9. The number of nitrogens with zero attached hydrogens (tertiary/aromatic N) is 1. The molecule has 5 nitrogen and oxygen atoms in total. The Labute approximate surface area is 123 Å². The minimum atomic E-state index is -0.471. The lowest BCUT2D eigenvalue weighted by Crippen LogP contribution is -2.06. The highest BCUT2D eigenvalue weighted by Crippen LogP contribution is 2.23. The molecule has 0 unspecified atom stereocenters. The van der Waals surface area contributed by atoms with Crippen LogP contribution in [0.15, 0.2) is 36.5 Å². The molecule has 0 spiro atoms. The average Bonchev–Trinajstić information content (AvgIpc) is 2.50. The van der Waals surface area contributed by atoms with Gasteiger partial charge in [0.25, 0.3) is 0 Å². The molecule has 0 bridgehead atoms. The zero-order valence-electron chi connectivity index (χ0n) is 11.6. The summed E-state index contributed by atoms with van der Waals surface area (Å²) in [5, 5.41) is 3.08. The maximum atomic E-state index is 11.7. The molecule has 0 amide bonds. The minimum absolute atomic E-state index is 0.0527. The largest absolute Gasteiger partial charge is 0.449 e. The van der Waals surface area contributed by atoms with Crippen LogP contribution in [0.4, 0.5) is 17.2 Å². The topological polar surface area (TPSA) is 77.2 Å². The van der Waals surface area contributed by atoms with Crippen LogP contribution in [-0.2, 0) is 4.74 Å². The number of nitrogen functional groups attached to an aromatic ring is 1. The molecule has 0 aliphatic rings. The quantitative estimate of drug-likeness (QED) is 0.665. The Morgan fingerprint density at radius 3 is 3.05 bits per heavy atom. The van der Waals surface area contributed by atoms with Gasteiger partial charge in [0, 0.05) is 11.9 Å². The van der Waals surface area contributed by atoms with E-state index in [9.17, 15) is 4.79 Å². The fourth-order valence-corrected chi connectivity index (χ4v) is 1.72. The Bertz CT molecular complexity index is 705. The first-order valence-electron chi connectivity index (χ1n) is 6.30. The summed E-state index contributed by atoms with van der Waals surface area (Å²) < 4.78 is 4.88. The monoisotopic (exact) mass is 281 g/mol. The molecule has 2 aromatic rings. The number of hydrogen-bond acceptors (Lipinski definition) is 5. The van der Waals surface area contributed by atoms with E-state index in [0.29, 0.717) is 22.8 Å². The third-order valence-corrected chi connectivity index (χ3v) is 2.86. The summed E-state index contributed by atoms with van der Waals surface area (Å²) in [7, 11) is 0. The van der Waals surface area contributed by atoms with Gasteiger partial charge in [0.05, 0.1) is 11.3 Å². The Balaban J connectivity index is 2.20. The van der Waals surface area contributed by atoms with Crippen molar-refractivity contribution in [3.63, 3.8) is 0 Å². The molecule has 1 heterocycles. The summed E-state index contributed by atoms with van der Waals surface area (Å²) >= 11 is 0. The van der Waals surface area contributed by atoms with Crippen LogP contribution in [0.3, 0.4) is 0 Å². The van der Waals surface area contributed by atoms with E-state index < -0.39 is 5.97 Å². The maximum Gasteiger partial charge on any atom is 0.339 e. The first-order valence-corrected chi connectivity index (χ1v) is 6.30. The normalized spacial score (nSPS) is 9.71. The first-order chi connectivity index (χ1) is 10.1. The van der Waals surface area contributed by atoms with E-state index in [1.54, 1.807) is 30.5 Å². The van der Waals surface area contributed by atoms with Crippen LogP contribution >= 0.6 is 0 Å². The minimum Gasteiger partial charge on any atom is -0.449 e. The predicted octanol–water partition coefficient (Wildman–Crippen LogP) is 2.51. The van der Waals surface area contributed by atoms with Gasteiger partial charge < -0.3 is 15.8 Å². The molecule has 0 saturated heterocycles. The summed E-state index contributed by atoms with van der Waals surface area (Å²) in [5.74, 6) is 2.33. The van der Waals surface area contributed by atoms with E-state index >= 15 is 0 Å². The molecule has 3 N–H and O–H groups in total. The van der Waals surface area contributed by atoms with Crippen molar-refractivity contribution in [2.45, 2.75) is 6.92 Å². The molecule has 0 saturated carbocycles. The Kier molecular flexibility index (Phi) is 4.42. The molecular weight excluding hydrogens is 266 g/mol. The number of terminal acetylenes is 1. The number of anilines is 3. The van der Waals surface area contributed by atoms with Crippen LogP contribution in [0.1, 0.15) is 15.9 Å². The Morgan fingerprint density at radius 1 is 1.48 bits per heavy atom. The number of hydrogen-bond donors (Lipinski definition) is 2. The third-order valence-electron chi connectivity index (χ3n) is 2.86. The number of pyridine rings is 1. The van der Waals surface area contributed by atoms with E-state index in [4.69, 9.17) is 16.9 Å². The second-order valence-electron chi connectivity index (χ2n) is 4.38. The molecule has 1 aromatic carbocycles. The molecule has 2 rings (SSSR count). The first kappa shape index (κ1) is 14.4. The number of carbonyl (C=O) groups is 1. The molecule has 1 aromatic heterocycles. The van der Waals surface area contributed by atoms with Gasteiger partial charge in [-0.2, -0.15) is 0 Å². The number of rotatable bonds is 4. The van der Waals surface area contributed by atoms with Crippen molar-refractivity contribution >= 4 is 23.2 Å². The van der Waals surface area contributed by atoms with Crippen molar-refractivity contribution in [3.8, 4) is 12.3 Å². The molecule has 21 heavy (non-hydrogen) atoms. The van der Waals surface area contributed by atoms with Crippen LogP contribution < -0.4 is 11.1 Å². The summed E-state index contributed by atoms with van der Waals surface area (Å²) in [5.41, 5.74) is 8.54. The number of carbonyl (C=O) groups excluding carboxylic acids is 1. The Hall–Kier alpha value is -3.00. The van der Waals surface area contributed by atoms with Gasteiger partial charge in [0.2, 0.25) is 0 Å². The molecule has 0 radical (unpaired) electrons. The standard InChI is InChI=1S/C16H15N3O2/c1-3-9-21-16(20)12-5-4-6-13(10-12)19-15-14(17)11(2)7-8-18-15/h1,4-8,10H,9,17H2,2H3,(H,18,19). The third kappa shape index (κ3) is 3.51. The SMILES string of the molecule is C#CCOC(=O)c1cccc(Nc2nccc(C)c2N)c1. The molecule has 0 fully saturated rings. The number of ether oxygens (including phenoxy) is 1. The van der Waals surface area contributed by atoms with Crippen LogP contribution in [0, 0.1) is 19.3 Å². The van der Waals surface area contributed by atoms with Gasteiger partial charge in [0.1, 0.15) is 0 Å². The van der Waals surface area contributed by atoms with E-state index in [1.165, 1.54) is 0 Å². The van der Waals surface area contributed by atoms with Gasteiger partial charge in [0.15, 0.2) is 12.4 Å². The number of benzene rings is 1. The van der Waals surface area contributed by atoms with Crippen molar-refractivity contribution in [3.05, 3.63) is 47.7 Å². The highest BCUT2D eigenvalue weighted by atomic mass is 16.5. The van der Waals surface area contributed by atoms with E-state index in [2.05, 4.69) is 16.2 Å². The highest BCUT2D eigenvalue weighted by Gasteiger charge is 2.08. The lowest BCUT2D eigenvalue weighted by Gasteiger charge is -2.10. The summed E-state index contributed by atoms with van der Waals surface area (Å²) in [6.45, 7) is 1.85. The maximum absolute atomic E-state index is 11.7. The molecular formula is C16H15N3O2. The number of nitrogens with one attached hydrogen (secondary N) is 1. The van der Waals surface area contributed by atoms with Gasteiger partial charge in [-0.15, -0.1) is 6.42 Å². The molecule has 5 heteroatoms. The van der Waals surface area contributed by atoms with Crippen LogP contribution in [0.5, 0.6) is 0 Å². The van der Waals surface area contributed by atoms with Crippen molar-refractivity contribution in [1.82, 2.24) is 4.98 Å². The van der Waals surface area contributed by atoms with Gasteiger partial charge in [-0.1, -0.05) is 12.0 Å². The number of nitrogens with two attached hydrogens (primary N) is 1. The molecule has 0 aliphatic carbocycles. The molecule has 106 valence electrons. The number of aryl methyl sites for hydroxylation is 1. The van der Waals surface area contributed by atoms with Crippen LogP contribution in [0.2, 0.25) is 0 Å². The zero-order chi connectivity index (χ0) is 15.2. The fourth-order valence-electron chi connectivity index (χ4n) is 1.72. The summed E-state index contributed by atoms with van der Waals surface area (Å²) in [6, 6.07) is 8.68. The smallest absolute Gasteiger partial charge is 0.339 e. The summed E-state index contributed by atoms with van der Waals surface area (Å²) in [6.07, 6.45) is 6.72. The van der Waals surface area contributed by atoms with Gasteiger partial charge >= 0.3 is 5.97 Å². The molecule has 0 atom stereocenters. The lowest BCUT2D eigenvalue weighted by molar-refractivity contribution is 0.0557. The predicted molar refractivity (Wildman–Crippen MR) is 82.2 cm³/mol. The van der Waals surface area contributed by atoms with Crippen molar-refractivity contribution in [1.29, 1.82) is 0 Å². The number of esters is 1. The zero-order valence-corrected chi connectivity index (χ0v) is 11.6. The van der Waals surface area contributed by atoms with Crippen molar-refractivity contribution in [2.75, 3.05) is 17.7 Å². The second kappa shape index (κ2) is 6.44. The molecule has 0 aliphatic heterocycles. The number of aromatic nitrogens is 1. The Morgan fingerprint density at radius 2 is 2.29 bits per heavy atom. The fraction of sp³-hybridized carbons (Fsp3) is 0.125. The highest BCUT2D eigenvalue weighted by molar-refractivity contribution is 5.91. The van der Waals surface area contributed by atoms with Gasteiger partial charge in [-0.25, -0.2) is 9.78 Å². The van der Waals surface area contributed by atoms with Crippen LogP contribution in [-0.4, -0.2) is 17.6 Å². The van der Waals surface area contributed by atoms with E-state index in [-0.39, 0.29) is 6.61 Å². The average molecular weight is 281 g/mol. The second-order valence-corrected chi connectivity index (χ2v) is 4.38. The van der Waals surface area contributed by atoms with Crippen molar-refractivity contribution < 1.29 is 9.53 Å². The van der Waals surface area contributed by atoms with Crippen LogP contribution in [0.25, 0.3) is 0 Å². The van der Waals surface area contributed by atoms with E-state index in [0.717, 1.165) is 5.56 Å². The van der Waals surface area contributed by atoms with E-state index in [1.807, 2.05) is 13.0 Å². The van der Waals surface area contributed by atoms with Gasteiger partial charge in [-0.05, 0) is 36.8 Å². The van der Waals surface area contributed by atoms with Crippen molar-refractivity contribution in [2.24, 2.45) is 0 Å². The lowest BCUT2D eigenvalue weighted by atomic mass is 10.2. The van der Waals surface area contributed by atoms with Gasteiger partial charge in [-0.3, -0.25) is 0 Å².